The molecule has 1 aliphatic rings. The van der Waals surface area contributed by atoms with Crippen molar-refractivity contribution >= 4 is 6.09 Å². The molecule has 0 saturated carbocycles. The fourth-order valence-electron chi connectivity index (χ4n) is 3.91. The molecule has 200 valence electrons. The largest absolute Gasteiger partial charge is 0.445 e. The molecular weight excluding hydrogens is 480 g/mol. The average molecular weight is 515 g/mol. The lowest BCUT2D eigenvalue weighted by Gasteiger charge is -2.42. The van der Waals surface area contributed by atoms with Gasteiger partial charge in [0.25, 0.3) is 0 Å². The van der Waals surface area contributed by atoms with Gasteiger partial charge in [0.1, 0.15) is 24.9 Å². The number of hydrogen-bond donors (Lipinski definition) is 3. The van der Waals surface area contributed by atoms with Gasteiger partial charge in [0.15, 0.2) is 6.29 Å². The van der Waals surface area contributed by atoms with Crippen LogP contribution < -0.4 is 5.32 Å². The van der Waals surface area contributed by atoms with Crippen LogP contribution in [0.3, 0.4) is 0 Å². The summed E-state index contributed by atoms with van der Waals surface area (Å²) >= 11 is 0. The lowest BCUT2D eigenvalue weighted by molar-refractivity contribution is -0.275. The van der Waals surface area contributed by atoms with Crippen LogP contribution in [-0.2, 0) is 32.2 Å². The van der Waals surface area contributed by atoms with Crippen molar-refractivity contribution in [2.75, 3.05) is 19.8 Å². The van der Waals surface area contributed by atoms with E-state index >= 15 is 0 Å². The summed E-state index contributed by atoms with van der Waals surface area (Å²) in [6, 6.07) is 17.8. The van der Waals surface area contributed by atoms with Crippen molar-refractivity contribution in [1.29, 1.82) is 0 Å². The van der Waals surface area contributed by atoms with Gasteiger partial charge in [-0.2, -0.15) is 0 Å². The standard InChI is InChI=1S/C26H34N4O7/c27-30-29-22-23(32)24(35-17-19-10-4-1-5-11-19)21(16-31)37-25(22)34-15-9-3-8-14-28-26(33)36-18-20-12-6-2-7-13-20/h1-2,4-7,10-13,21-25,31-32H,3,8-9,14-18H2,(H,28,33)/t21-,22-,23-,24+,25+/m1/s1. The fraction of sp³-hybridized carbons (Fsp3) is 0.500. The molecule has 1 amide bonds. The Morgan fingerprint density at radius 3 is 2.32 bits per heavy atom. The van der Waals surface area contributed by atoms with Crippen molar-refractivity contribution in [1.82, 2.24) is 5.32 Å². The molecule has 1 heterocycles. The van der Waals surface area contributed by atoms with E-state index in [2.05, 4.69) is 15.3 Å². The average Bonchev–Trinajstić information content (AvgIpc) is 2.93. The van der Waals surface area contributed by atoms with Crippen molar-refractivity contribution in [2.45, 2.75) is 63.1 Å². The number of carbonyl (C=O) groups is 1. The Bertz CT molecular complexity index is 975. The van der Waals surface area contributed by atoms with Gasteiger partial charge >= 0.3 is 6.09 Å². The Balaban J connectivity index is 1.36. The Hall–Kier alpha value is -3.18. The molecule has 3 rings (SSSR count). The van der Waals surface area contributed by atoms with E-state index in [-0.39, 0.29) is 19.8 Å². The van der Waals surface area contributed by atoms with Crippen LogP contribution in [-0.4, -0.2) is 66.7 Å². The molecule has 0 aliphatic carbocycles. The van der Waals surface area contributed by atoms with Gasteiger partial charge in [-0.05, 0) is 35.9 Å². The minimum atomic E-state index is -1.22. The third kappa shape index (κ3) is 9.32. The molecule has 37 heavy (non-hydrogen) atoms. The van der Waals surface area contributed by atoms with Crippen molar-refractivity contribution < 1.29 is 34.0 Å². The summed E-state index contributed by atoms with van der Waals surface area (Å²) in [4.78, 5) is 14.6. The molecular formula is C26H34N4O7. The van der Waals surface area contributed by atoms with Crippen molar-refractivity contribution in [3.8, 4) is 0 Å². The first kappa shape index (κ1) is 28.4. The summed E-state index contributed by atoms with van der Waals surface area (Å²) in [6.07, 6.45) is -2.34. The van der Waals surface area contributed by atoms with E-state index in [0.717, 1.165) is 17.5 Å². The van der Waals surface area contributed by atoms with Crippen LogP contribution in [0.4, 0.5) is 4.79 Å². The third-order valence-corrected chi connectivity index (χ3v) is 5.88. The lowest BCUT2D eigenvalue weighted by atomic mass is 9.97. The SMILES string of the molecule is [N-]=[N+]=N[C@H]1[C@@H](OCCCCCNC(=O)OCc2ccccc2)O[C@H](CO)[C@H](OCc2ccccc2)[C@@H]1O. The Morgan fingerprint density at radius 1 is 1.00 bits per heavy atom. The Morgan fingerprint density at radius 2 is 1.68 bits per heavy atom. The topological polar surface area (TPSA) is 155 Å². The molecule has 2 aromatic rings. The number of hydrogen-bond acceptors (Lipinski definition) is 8. The van der Waals surface area contributed by atoms with E-state index in [9.17, 15) is 15.0 Å². The van der Waals surface area contributed by atoms with E-state index in [0.29, 0.717) is 19.4 Å². The molecule has 11 nitrogen and oxygen atoms in total. The van der Waals surface area contributed by atoms with Gasteiger partial charge in [0.05, 0.1) is 19.3 Å². The highest BCUT2D eigenvalue weighted by atomic mass is 16.7. The van der Waals surface area contributed by atoms with E-state index < -0.39 is 43.3 Å². The summed E-state index contributed by atoms with van der Waals surface area (Å²) < 4.78 is 22.5. The number of amides is 1. The first-order valence-corrected chi connectivity index (χ1v) is 12.3. The van der Waals surface area contributed by atoms with Crippen LogP contribution in [0.15, 0.2) is 65.8 Å². The van der Waals surface area contributed by atoms with E-state index in [1.165, 1.54) is 0 Å². The number of unbranched alkanes of at least 4 members (excludes halogenated alkanes) is 2. The van der Waals surface area contributed by atoms with E-state index in [1.807, 2.05) is 60.7 Å². The molecule has 0 unspecified atom stereocenters. The number of alkyl carbamates (subject to hydrolysis) is 1. The molecule has 0 bridgehead atoms. The van der Waals surface area contributed by atoms with Crippen LogP contribution >= 0.6 is 0 Å². The van der Waals surface area contributed by atoms with Crippen LogP contribution in [0.2, 0.25) is 0 Å². The molecule has 3 N–H and O–H groups in total. The third-order valence-electron chi connectivity index (χ3n) is 5.88. The van der Waals surface area contributed by atoms with Gasteiger partial charge in [-0.3, -0.25) is 0 Å². The number of azide groups is 1. The van der Waals surface area contributed by atoms with Gasteiger partial charge < -0.3 is 34.5 Å². The molecule has 1 aliphatic heterocycles. The number of benzene rings is 2. The normalized spacial score (nSPS) is 23.1. The maximum atomic E-state index is 11.8. The smallest absolute Gasteiger partial charge is 0.407 e. The summed E-state index contributed by atoms with van der Waals surface area (Å²) in [5, 5.41) is 27.0. The highest BCUT2D eigenvalue weighted by Crippen LogP contribution is 2.27. The number of rotatable bonds is 14. The second kappa shape index (κ2) is 15.8. The minimum absolute atomic E-state index is 0.199. The van der Waals surface area contributed by atoms with Crippen molar-refractivity contribution in [3.05, 3.63) is 82.2 Å². The van der Waals surface area contributed by atoms with Gasteiger partial charge in [0.2, 0.25) is 0 Å². The predicted molar refractivity (Wildman–Crippen MR) is 134 cm³/mol. The van der Waals surface area contributed by atoms with Crippen LogP contribution in [0, 0.1) is 0 Å². The first-order chi connectivity index (χ1) is 18.1. The van der Waals surface area contributed by atoms with Crippen LogP contribution in [0.5, 0.6) is 0 Å². The quantitative estimate of drug-likeness (QED) is 0.151. The number of aliphatic hydroxyl groups excluding tert-OH is 2. The fourth-order valence-corrected chi connectivity index (χ4v) is 3.91. The second-order valence-electron chi connectivity index (χ2n) is 8.59. The minimum Gasteiger partial charge on any atom is -0.445 e. The maximum absolute atomic E-state index is 11.8. The highest BCUT2D eigenvalue weighted by Gasteiger charge is 2.46. The van der Waals surface area contributed by atoms with Gasteiger partial charge in [0, 0.05) is 18.1 Å². The lowest BCUT2D eigenvalue weighted by Crippen LogP contribution is -2.59. The summed E-state index contributed by atoms with van der Waals surface area (Å²) in [6.45, 7) is 0.755. The van der Waals surface area contributed by atoms with Crippen LogP contribution in [0.1, 0.15) is 30.4 Å². The molecule has 5 atom stereocenters. The molecule has 2 aromatic carbocycles. The molecule has 1 fully saturated rings. The molecule has 0 radical (unpaired) electrons. The number of nitrogens with zero attached hydrogens (tertiary/aromatic N) is 3. The number of ether oxygens (including phenoxy) is 4. The zero-order valence-corrected chi connectivity index (χ0v) is 20.6. The van der Waals surface area contributed by atoms with Crippen molar-refractivity contribution in [2.24, 2.45) is 5.11 Å². The first-order valence-electron chi connectivity index (χ1n) is 12.3. The van der Waals surface area contributed by atoms with Gasteiger partial charge in [-0.1, -0.05) is 65.8 Å². The Kier molecular flexibility index (Phi) is 12.1. The van der Waals surface area contributed by atoms with Crippen LogP contribution in [0.25, 0.3) is 10.4 Å². The summed E-state index contributed by atoms with van der Waals surface area (Å²) in [5.41, 5.74) is 10.8. The summed E-state index contributed by atoms with van der Waals surface area (Å²) in [5.74, 6) is 0. The number of carbonyl (C=O) groups excluding carboxylic acids is 1. The molecule has 0 aromatic heterocycles. The van der Waals surface area contributed by atoms with Crippen molar-refractivity contribution in [3.63, 3.8) is 0 Å². The Labute approximate surface area is 215 Å². The zero-order valence-electron chi connectivity index (χ0n) is 20.6. The zero-order chi connectivity index (χ0) is 26.3. The van der Waals surface area contributed by atoms with Gasteiger partial charge in [-0.25, -0.2) is 4.79 Å². The monoisotopic (exact) mass is 514 g/mol. The maximum Gasteiger partial charge on any atom is 0.407 e. The highest BCUT2D eigenvalue weighted by molar-refractivity contribution is 5.67. The second-order valence-corrected chi connectivity index (χ2v) is 8.59. The van der Waals surface area contributed by atoms with E-state index in [4.69, 9.17) is 24.5 Å². The predicted octanol–water partition coefficient (Wildman–Crippen LogP) is 3.44. The number of nitrogens with one attached hydrogen (secondary N) is 1. The van der Waals surface area contributed by atoms with Gasteiger partial charge in [-0.15, -0.1) is 0 Å². The molecule has 0 spiro atoms. The molecule has 1 saturated heterocycles. The summed E-state index contributed by atoms with van der Waals surface area (Å²) in [7, 11) is 0. The number of aliphatic hydroxyl groups is 2. The van der Waals surface area contributed by atoms with E-state index in [1.54, 1.807) is 0 Å². The molecule has 11 heteroatoms.